The van der Waals surface area contributed by atoms with Crippen LogP contribution >= 0.6 is 43.2 Å². The first-order chi connectivity index (χ1) is 8.29. The molecule has 6 heteroatoms. The van der Waals surface area contributed by atoms with Crippen LogP contribution in [0.25, 0.3) is 0 Å². The van der Waals surface area contributed by atoms with Crippen molar-refractivity contribution in [3.63, 3.8) is 0 Å². The SMILES string of the molecule is CC(C)(C)OCCOCC(=O)c1cc(Br)sc1Br. The summed E-state index contributed by atoms with van der Waals surface area (Å²) in [4.78, 5) is 11.8. The second kappa shape index (κ2) is 7.14. The molecule has 0 amide bonds. The van der Waals surface area contributed by atoms with Gasteiger partial charge in [0.2, 0.25) is 0 Å². The molecule has 0 saturated carbocycles. The number of carbonyl (C=O) groups excluding carboxylic acids is 1. The third kappa shape index (κ3) is 5.93. The van der Waals surface area contributed by atoms with Crippen molar-refractivity contribution in [2.24, 2.45) is 0 Å². The van der Waals surface area contributed by atoms with Gasteiger partial charge in [0.15, 0.2) is 5.78 Å². The molecule has 0 bridgehead atoms. The number of carbonyl (C=O) groups is 1. The number of ether oxygens (including phenoxy) is 2. The lowest BCUT2D eigenvalue weighted by Gasteiger charge is -2.19. The first kappa shape index (κ1) is 16.3. The van der Waals surface area contributed by atoms with Crippen LogP contribution in [0.3, 0.4) is 0 Å². The minimum Gasteiger partial charge on any atom is -0.373 e. The summed E-state index contributed by atoms with van der Waals surface area (Å²) >= 11 is 8.17. The highest BCUT2D eigenvalue weighted by Gasteiger charge is 2.14. The fraction of sp³-hybridized carbons (Fsp3) is 0.583. The van der Waals surface area contributed by atoms with Gasteiger partial charge in [0.1, 0.15) is 6.61 Å². The fourth-order valence-electron chi connectivity index (χ4n) is 1.18. The van der Waals surface area contributed by atoms with Gasteiger partial charge in [0, 0.05) is 5.56 Å². The van der Waals surface area contributed by atoms with Crippen LogP contribution in [0.5, 0.6) is 0 Å². The average Bonchev–Trinajstić information content (AvgIpc) is 2.55. The zero-order valence-corrected chi connectivity index (χ0v) is 14.6. The Morgan fingerprint density at radius 1 is 1.33 bits per heavy atom. The summed E-state index contributed by atoms with van der Waals surface area (Å²) in [7, 11) is 0. The normalized spacial score (nSPS) is 11.8. The van der Waals surface area contributed by atoms with Gasteiger partial charge in [-0.05, 0) is 58.7 Å². The Labute approximate surface area is 128 Å². The molecule has 0 fully saturated rings. The van der Waals surface area contributed by atoms with E-state index in [0.717, 1.165) is 7.57 Å². The number of thiophene rings is 1. The molecule has 0 N–H and O–H groups in total. The summed E-state index contributed by atoms with van der Waals surface area (Å²) in [6, 6.07) is 1.80. The van der Waals surface area contributed by atoms with E-state index in [1.807, 2.05) is 20.8 Å². The maximum Gasteiger partial charge on any atom is 0.190 e. The first-order valence-electron chi connectivity index (χ1n) is 5.49. The van der Waals surface area contributed by atoms with Crippen LogP contribution in [0.1, 0.15) is 31.1 Å². The lowest BCUT2D eigenvalue weighted by atomic mass is 10.2. The molecule has 1 heterocycles. The highest BCUT2D eigenvalue weighted by atomic mass is 79.9. The van der Waals surface area contributed by atoms with Crippen LogP contribution in [0.4, 0.5) is 0 Å². The molecule has 102 valence electrons. The topological polar surface area (TPSA) is 35.5 Å². The highest BCUT2D eigenvalue weighted by Crippen LogP contribution is 2.32. The van der Waals surface area contributed by atoms with Gasteiger partial charge in [0.25, 0.3) is 0 Å². The Kier molecular flexibility index (Phi) is 6.47. The monoisotopic (exact) mass is 398 g/mol. The summed E-state index contributed by atoms with van der Waals surface area (Å²) in [5, 5.41) is 0. The number of hydrogen-bond acceptors (Lipinski definition) is 4. The fourth-order valence-corrected chi connectivity index (χ4v) is 4.04. The molecule has 1 aromatic rings. The minimum atomic E-state index is -0.172. The van der Waals surface area contributed by atoms with Crippen LogP contribution in [0.2, 0.25) is 0 Å². The summed E-state index contributed by atoms with van der Waals surface area (Å²) in [5.74, 6) is -0.0282. The number of rotatable bonds is 6. The molecule has 0 unspecified atom stereocenters. The van der Waals surface area contributed by atoms with Crippen molar-refractivity contribution in [1.29, 1.82) is 0 Å². The summed E-state index contributed by atoms with van der Waals surface area (Å²) in [6.07, 6.45) is 0. The van der Waals surface area contributed by atoms with Gasteiger partial charge in [-0.1, -0.05) is 0 Å². The van der Waals surface area contributed by atoms with E-state index in [2.05, 4.69) is 31.9 Å². The predicted molar refractivity (Wildman–Crippen MR) is 80.6 cm³/mol. The molecule has 0 spiro atoms. The third-order valence-electron chi connectivity index (χ3n) is 1.95. The molecule has 18 heavy (non-hydrogen) atoms. The van der Waals surface area contributed by atoms with E-state index in [1.54, 1.807) is 6.07 Å². The molecule has 0 saturated heterocycles. The number of hydrogen-bond donors (Lipinski definition) is 0. The van der Waals surface area contributed by atoms with Crippen LogP contribution in [-0.4, -0.2) is 31.2 Å². The molecule has 0 atom stereocenters. The zero-order valence-electron chi connectivity index (χ0n) is 10.6. The summed E-state index contributed by atoms with van der Waals surface area (Å²) in [6.45, 7) is 6.95. The van der Waals surface area contributed by atoms with Crippen molar-refractivity contribution >= 4 is 49.0 Å². The van der Waals surface area contributed by atoms with E-state index in [0.29, 0.717) is 18.8 Å². The van der Waals surface area contributed by atoms with E-state index in [9.17, 15) is 4.79 Å². The molecule has 1 aromatic heterocycles. The molecule has 3 nitrogen and oxygen atoms in total. The van der Waals surface area contributed by atoms with Gasteiger partial charge in [-0.15, -0.1) is 11.3 Å². The molecule has 0 aromatic carbocycles. The molecule has 0 radical (unpaired) electrons. The van der Waals surface area contributed by atoms with E-state index in [4.69, 9.17) is 9.47 Å². The lowest BCUT2D eigenvalue weighted by Crippen LogP contribution is -2.22. The van der Waals surface area contributed by atoms with Gasteiger partial charge in [-0.2, -0.15) is 0 Å². The zero-order chi connectivity index (χ0) is 13.8. The maximum atomic E-state index is 11.8. The van der Waals surface area contributed by atoms with Gasteiger partial charge in [-0.3, -0.25) is 4.79 Å². The number of halogens is 2. The standard InChI is InChI=1S/C12H16Br2O3S/c1-12(2,3)17-5-4-16-7-9(15)8-6-10(13)18-11(8)14/h6H,4-5,7H2,1-3H3. The van der Waals surface area contributed by atoms with Crippen molar-refractivity contribution in [2.75, 3.05) is 19.8 Å². The maximum absolute atomic E-state index is 11.8. The smallest absolute Gasteiger partial charge is 0.190 e. The van der Waals surface area contributed by atoms with E-state index in [-0.39, 0.29) is 18.0 Å². The Balaban J connectivity index is 2.28. The van der Waals surface area contributed by atoms with Crippen LogP contribution in [0.15, 0.2) is 13.6 Å². The van der Waals surface area contributed by atoms with E-state index < -0.39 is 0 Å². The molecule has 0 aliphatic carbocycles. The van der Waals surface area contributed by atoms with Gasteiger partial charge < -0.3 is 9.47 Å². The Morgan fingerprint density at radius 3 is 2.50 bits per heavy atom. The quantitative estimate of drug-likeness (QED) is 0.528. The summed E-state index contributed by atoms with van der Waals surface area (Å²) in [5.41, 5.74) is 0.484. The second-order valence-electron chi connectivity index (χ2n) is 4.67. The molecular weight excluding hydrogens is 384 g/mol. The lowest BCUT2D eigenvalue weighted by molar-refractivity contribution is -0.0324. The van der Waals surface area contributed by atoms with Crippen molar-refractivity contribution < 1.29 is 14.3 Å². The van der Waals surface area contributed by atoms with Crippen LogP contribution in [0, 0.1) is 0 Å². The largest absolute Gasteiger partial charge is 0.373 e. The minimum absolute atomic E-state index is 0.0282. The Morgan fingerprint density at radius 2 is 2.00 bits per heavy atom. The first-order valence-corrected chi connectivity index (χ1v) is 7.89. The molecule has 0 aliphatic heterocycles. The van der Waals surface area contributed by atoms with Gasteiger partial charge >= 0.3 is 0 Å². The van der Waals surface area contributed by atoms with Crippen LogP contribution < -0.4 is 0 Å². The van der Waals surface area contributed by atoms with Gasteiger partial charge in [0.05, 0.1) is 26.4 Å². The molecular formula is C12H16Br2O3S. The third-order valence-corrected chi connectivity index (χ3v) is 4.29. The molecule has 0 aliphatic rings. The van der Waals surface area contributed by atoms with Crippen molar-refractivity contribution in [3.8, 4) is 0 Å². The molecule has 1 rings (SSSR count). The Hall–Kier alpha value is 0.250. The van der Waals surface area contributed by atoms with Gasteiger partial charge in [-0.25, -0.2) is 0 Å². The van der Waals surface area contributed by atoms with E-state index in [1.165, 1.54) is 11.3 Å². The number of Topliss-reactive ketones (excluding diaryl/α,β-unsaturated/α-hetero) is 1. The predicted octanol–water partition coefficient (Wildman–Crippen LogP) is 4.29. The van der Waals surface area contributed by atoms with Crippen molar-refractivity contribution in [3.05, 3.63) is 19.2 Å². The van der Waals surface area contributed by atoms with Crippen molar-refractivity contribution in [1.82, 2.24) is 0 Å². The van der Waals surface area contributed by atoms with E-state index >= 15 is 0 Å². The van der Waals surface area contributed by atoms with Crippen molar-refractivity contribution in [2.45, 2.75) is 26.4 Å². The van der Waals surface area contributed by atoms with Crippen LogP contribution in [-0.2, 0) is 9.47 Å². The highest BCUT2D eigenvalue weighted by molar-refractivity contribution is 9.12. The second-order valence-corrected chi connectivity index (χ2v) is 8.42. The average molecular weight is 400 g/mol. The summed E-state index contributed by atoms with van der Waals surface area (Å²) < 4.78 is 12.5. The number of ketones is 1. The Bertz CT molecular complexity index is 410.